The van der Waals surface area contributed by atoms with Crippen molar-refractivity contribution in [1.82, 2.24) is 4.90 Å². The minimum atomic E-state index is -3.52. The van der Waals surface area contributed by atoms with Crippen LogP contribution in [0.2, 0.25) is 0 Å². The number of amides is 1. The largest absolute Gasteiger partial charge is 0.383 e. The molecule has 0 aliphatic heterocycles. The number of hydrogen-bond acceptors (Lipinski definition) is 4. The highest BCUT2D eigenvalue weighted by atomic mass is 32.2. The van der Waals surface area contributed by atoms with Gasteiger partial charge in [0.25, 0.3) is 0 Å². The molecule has 1 aliphatic rings. The van der Waals surface area contributed by atoms with Crippen LogP contribution in [0.1, 0.15) is 64.4 Å². The molecule has 1 fully saturated rings. The van der Waals surface area contributed by atoms with Crippen LogP contribution >= 0.6 is 0 Å². The average Bonchev–Trinajstić information content (AvgIpc) is 3.10. The summed E-state index contributed by atoms with van der Waals surface area (Å²) in [5.74, 6) is 1.21. The molecule has 2 rings (SSSR count). The number of carbonyl (C=O) groups excluding carboxylic acids is 1. The van der Waals surface area contributed by atoms with Gasteiger partial charge < -0.3 is 9.08 Å². The Morgan fingerprint density at radius 2 is 1.85 bits per heavy atom. The van der Waals surface area contributed by atoms with Gasteiger partial charge in [-0.1, -0.05) is 44.7 Å². The smallest absolute Gasteiger partial charge is 0.306 e. The Labute approximate surface area is 157 Å². The maximum absolute atomic E-state index is 12.8. The average molecular weight is 382 g/mol. The van der Waals surface area contributed by atoms with Gasteiger partial charge in [-0.25, -0.2) is 0 Å². The Hall–Kier alpha value is -1.56. The molecule has 5 nitrogen and oxygen atoms in total. The minimum Gasteiger partial charge on any atom is -0.383 e. The van der Waals surface area contributed by atoms with Gasteiger partial charge in [-0.15, -0.1) is 0 Å². The molecular weight excluding hydrogens is 350 g/mol. The molecule has 0 heterocycles. The van der Waals surface area contributed by atoms with Gasteiger partial charge in [-0.2, -0.15) is 8.42 Å². The first-order chi connectivity index (χ1) is 12.3. The molecule has 1 atom stereocenters. The summed E-state index contributed by atoms with van der Waals surface area (Å²) in [4.78, 5) is 14.7. The van der Waals surface area contributed by atoms with E-state index in [9.17, 15) is 13.2 Å². The zero-order chi connectivity index (χ0) is 19.2. The van der Waals surface area contributed by atoms with Crippen LogP contribution in [0, 0.1) is 5.92 Å². The molecule has 1 aliphatic carbocycles. The highest BCUT2D eigenvalue weighted by Crippen LogP contribution is 2.29. The number of rotatable bonds is 9. The van der Waals surface area contributed by atoms with E-state index in [4.69, 9.17) is 4.18 Å². The molecule has 146 valence electrons. The van der Waals surface area contributed by atoms with Crippen molar-refractivity contribution in [3.05, 3.63) is 29.8 Å². The maximum atomic E-state index is 12.8. The van der Waals surface area contributed by atoms with Crippen LogP contribution in [0.25, 0.3) is 0 Å². The van der Waals surface area contributed by atoms with E-state index in [1.165, 1.54) is 25.7 Å². The Bertz CT molecular complexity index is 678. The zero-order valence-electron chi connectivity index (χ0n) is 16.1. The van der Waals surface area contributed by atoms with Gasteiger partial charge in [0.05, 0.1) is 6.26 Å². The van der Waals surface area contributed by atoms with E-state index >= 15 is 0 Å². The molecule has 0 radical (unpaired) electrons. The maximum Gasteiger partial charge on any atom is 0.306 e. The van der Waals surface area contributed by atoms with Gasteiger partial charge in [-0.3, -0.25) is 4.79 Å². The second-order valence-electron chi connectivity index (χ2n) is 7.40. The monoisotopic (exact) mass is 381 g/mol. The van der Waals surface area contributed by atoms with Gasteiger partial charge >= 0.3 is 10.1 Å². The molecule has 26 heavy (non-hydrogen) atoms. The molecule has 0 spiro atoms. The number of nitrogens with zero attached hydrogens (tertiary/aromatic N) is 1. The van der Waals surface area contributed by atoms with Gasteiger partial charge in [0.2, 0.25) is 5.91 Å². The van der Waals surface area contributed by atoms with Crippen LogP contribution in [-0.2, 0) is 21.5 Å². The Balaban J connectivity index is 1.98. The second kappa shape index (κ2) is 9.40. The third-order valence-electron chi connectivity index (χ3n) is 5.21. The molecule has 1 saturated carbocycles. The third kappa shape index (κ3) is 6.63. The topological polar surface area (TPSA) is 63.7 Å². The summed E-state index contributed by atoms with van der Waals surface area (Å²) in [5.41, 5.74) is 0.973. The second-order valence-corrected chi connectivity index (χ2v) is 8.97. The number of benzene rings is 1. The van der Waals surface area contributed by atoms with E-state index in [-0.39, 0.29) is 11.9 Å². The first-order valence-electron chi connectivity index (χ1n) is 9.56. The molecule has 0 aromatic heterocycles. The number of hydrogen-bond donors (Lipinski definition) is 0. The predicted molar refractivity (Wildman–Crippen MR) is 103 cm³/mol. The SMILES string of the molecule is CCC(C)N(Cc1ccc(OS(C)(=O)=O)cc1)C(=O)CCC1CCCC1. The summed E-state index contributed by atoms with van der Waals surface area (Å²) >= 11 is 0. The third-order valence-corrected chi connectivity index (χ3v) is 5.70. The van der Waals surface area contributed by atoms with Crippen LogP contribution in [0.15, 0.2) is 24.3 Å². The summed E-state index contributed by atoms with van der Waals surface area (Å²) in [6.07, 6.45) is 8.67. The molecule has 0 bridgehead atoms. The van der Waals surface area contributed by atoms with Crippen LogP contribution in [0.4, 0.5) is 0 Å². The fraction of sp³-hybridized carbons (Fsp3) is 0.650. The van der Waals surface area contributed by atoms with E-state index < -0.39 is 10.1 Å². The predicted octanol–water partition coefficient (Wildman–Crippen LogP) is 4.12. The molecule has 1 aromatic rings. The van der Waals surface area contributed by atoms with Gasteiger partial charge in [0, 0.05) is 19.0 Å². The van der Waals surface area contributed by atoms with E-state index in [1.807, 2.05) is 17.0 Å². The fourth-order valence-electron chi connectivity index (χ4n) is 3.50. The normalized spacial score (nSPS) is 16.4. The van der Waals surface area contributed by atoms with E-state index in [0.29, 0.717) is 24.6 Å². The molecule has 0 saturated heterocycles. The Morgan fingerprint density at radius 3 is 2.38 bits per heavy atom. The van der Waals surface area contributed by atoms with Crippen molar-refractivity contribution in [2.24, 2.45) is 5.92 Å². The fourth-order valence-corrected chi connectivity index (χ4v) is 3.96. The lowest BCUT2D eigenvalue weighted by Crippen LogP contribution is -2.37. The standard InChI is InChI=1S/C20H31NO4S/c1-4-16(2)21(20(22)14-11-17-7-5-6-8-17)15-18-9-12-19(13-10-18)25-26(3,23)24/h9-10,12-13,16-17H,4-8,11,14-15H2,1-3H3. The summed E-state index contributed by atoms with van der Waals surface area (Å²) in [7, 11) is -3.52. The van der Waals surface area contributed by atoms with Gasteiger partial charge in [0.15, 0.2) is 0 Å². The lowest BCUT2D eigenvalue weighted by Gasteiger charge is -2.29. The zero-order valence-corrected chi connectivity index (χ0v) is 16.9. The molecular formula is C20H31NO4S. The summed E-state index contributed by atoms with van der Waals surface area (Å²) in [5, 5.41) is 0. The van der Waals surface area contributed by atoms with Crippen molar-refractivity contribution in [1.29, 1.82) is 0 Å². The van der Waals surface area contributed by atoms with Gasteiger partial charge in [0.1, 0.15) is 5.75 Å². The summed E-state index contributed by atoms with van der Waals surface area (Å²) < 4.78 is 27.2. The van der Waals surface area contributed by atoms with E-state index in [0.717, 1.165) is 24.7 Å². The van der Waals surface area contributed by atoms with E-state index in [1.54, 1.807) is 12.1 Å². The van der Waals surface area contributed by atoms with Crippen LogP contribution in [0.5, 0.6) is 5.75 Å². The van der Waals surface area contributed by atoms with E-state index in [2.05, 4.69) is 13.8 Å². The lowest BCUT2D eigenvalue weighted by molar-refractivity contribution is -0.134. The van der Waals surface area contributed by atoms with Crippen molar-refractivity contribution in [2.45, 2.75) is 71.4 Å². The number of carbonyl (C=O) groups is 1. The summed E-state index contributed by atoms with van der Waals surface area (Å²) in [6.45, 7) is 4.71. The lowest BCUT2D eigenvalue weighted by atomic mass is 10.0. The van der Waals surface area contributed by atoms with Crippen molar-refractivity contribution in [3.63, 3.8) is 0 Å². The van der Waals surface area contributed by atoms with Crippen LogP contribution in [-0.4, -0.2) is 31.5 Å². The highest BCUT2D eigenvalue weighted by molar-refractivity contribution is 7.86. The van der Waals surface area contributed by atoms with Crippen molar-refractivity contribution >= 4 is 16.0 Å². The Morgan fingerprint density at radius 1 is 1.23 bits per heavy atom. The van der Waals surface area contributed by atoms with Crippen molar-refractivity contribution in [2.75, 3.05) is 6.26 Å². The summed E-state index contributed by atoms with van der Waals surface area (Å²) in [6, 6.07) is 7.08. The molecule has 1 amide bonds. The quantitative estimate of drug-likeness (QED) is 0.604. The molecule has 1 aromatic carbocycles. The molecule has 1 unspecified atom stereocenters. The van der Waals surface area contributed by atoms with Crippen LogP contribution < -0.4 is 4.18 Å². The first kappa shape index (κ1) is 20.7. The molecule has 6 heteroatoms. The van der Waals surface area contributed by atoms with Crippen molar-refractivity contribution < 1.29 is 17.4 Å². The highest BCUT2D eigenvalue weighted by Gasteiger charge is 2.22. The Kier molecular flexibility index (Phi) is 7.50. The van der Waals surface area contributed by atoms with Crippen molar-refractivity contribution in [3.8, 4) is 5.75 Å². The van der Waals surface area contributed by atoms with Crippen LogP contribution in [0.3, 0.4) is 0 Å². The first-order valence-corrected chi connectivity index (χ1v) is 11.4. The molecule has 0 N–H and O–H groups in total. The van der Waals surface area contributed by atoms with Gasteiger partial charge in [-0.05, 0) is 43.4 Å². The minimum absolute atomic E-state index is 0.179.